The zero-order valence-corrected chi connectivity index (χ0v) is 13.2. The summed E-state index contributed by atoms with van der Waals surface area (Å²) in [6, 6.07) is 9.40. The van der Waals surface area contributed by atoms with Crippen molar-refractivity contribution in [1.82, 2.24) is 0 Å². The van der Waals surface area contributed by atoms with Gasteiger partial charge in [0.25, 0.3) is 0 Å². The number of benzene rings is 1. The van der Waals surface area contributed by atoms with E-state index in [9.17, 15) is 9.59 Å². The molecular formula is C15H24N2O6. The highest BCUT2D eigenvalue weighted by molar-refractivity contribution is 5.60. The van der Waals surface area contributed by atoms with Crippen LogP contribution in [0.15, 0.2) is 30.3 Å². The zero-order valence-electron chi connectivity index (χ0n) is 13.2. The smallest absolute Gasteiger partial charge is 0.435 e. The number of carbonyl (C=O) groups excluding carboxylic acids is 2. The maximum Gasteiger partial charge on any atom is 0.508 e. The fourth-order valence-electron chi connectivity index (χ4n) is 1.20. The molecule has 0 aromatic heterocycles. The fourth-order valence-corrected chi connectivity index (χ4v) is 1.20. The summed E-state index contributed by atoms with van der Waals surface area (Å²) >= 11 is 0. The number of rotatable bonds is 7. The summed E-state index contributed by atoms with van der Waals surface area (Å²) in [5.74, 6) is 0. The summed E-state index contributed by atoms with van der Waals surface area (Å²) in [4.78, 5) is 21.2. The molecule has 8 heteroatoms. The molecule has 1 aromatic carbocycles. The van der Waals surface area contributed by atoms with Crippen molar-refractivity contribution in [2.45, 2.75) is 13.5 Å². The van der Waals surface area contributed by atoms with Gasteiger partial charge in [0.2, 0.25) is 0 Å². The van der Waals surface area contributed by atoms with E-state index >= 15 is 0 Å². The van der Waals surface area contributed by atoms with Gasteiger partial charge in [0.05, 0.1) is 6.61 Å². The highest BCUT2D eigenvalue weighted by Gasteiger charge is 2.02. The Balaban J connectivity index is 0.000000468. The molecule has 0 aliphatic rings. The van der Waals surface area contributed by atoms with Crippen LogP contribution < -0.4 is 11.5 Å². The van der Waals surface area contributed by atoms with Crippen LogP contribution in [0.3, 0.4) is 0 Å². The summed E-state index contributed by atoms with van der Waals surface area (Å²) in [7, 11) is 0. The third-order valence-electron chi connectivity index (χ3n) is 2.14. The fraction of sp³-hybridized carbons (Fsp3) is 0.467. The molecule has 8 nitrogen and oxygen atoms in total. The second-order valence-electron chi connectivity index (χ2n) is 3.98. The van der Waals surface area contributed by atoms with Crippen molar-refractivity contribution >= 4 is 12.3 Å². The van der Waals surface area contributed by atoms with Crippen LogP contribution in [0.5, 0.6) is 0 Å². The Morgan fingerprint density at radius 3 is 1.87 bits per heavy atom. The van der Waals surface area contributed by atoms with Gasteiger partial charge < -0.3 is 30.4 Å². The van der Waals surface area contributed by atoms with Gasteiger partial charge in [0, 0.05) is 13.1 Å². The SMILES string of the molecule is CCOC(=O)OCCN.NCCOC(=O)OCc1ccccc1. The molecule has 0 aliphatic carbocycles. The molecule has 0 atom stereocenters. The standard InChI is InChI=1S/C10H13NO3.C5H11NO3/c11-6-7-13-10(12)14-8-9-4-2-1-3-5-9;1-2-8-5(7)9-4-3-6/h1-5H,6-8,11H2;2-4,6H2,1H3. The molecule has 0 radical (unpaired) electrons. The van der Waals surface area contributed by atoms with Gasteiger partial charge in [-0.3, -0.25) is 0 Å². The molecule has 1 rings (SSSR count). The summed E-state index contributed by atoms with van der Waals surface area (Å²) in [6.45, 7) is 3.32. The first kappa shape index (κ1) is 20.7. The number of ether oxygens (including phenoxy) is 4. The normalized spacial score (nSPS) is 9.17. The molecular weight excluding hydrogens is 304 g/mol. The Morgan fingerprint density at radius 1 is 0.870 bits per heavy atom. The number of carbonyl (C=O) groups is 2. The highest BCUT2D eigenvalue weighted by atomic mass is 16.7. The van der Waals surface area contributed by atoms with Crippen molar-refractivity contribution in [3.05, 3.63) is 35.9 Å². The average Bonchev–Trinajstić information content (AvgIpc) is 2.58. The molecule has 0 saturated heterocycles. The minimum atomic E-state index is -0.681. The number of hydrogen-bond donors (Lipinski definition) is 2. The van der Waals surface area contributed by atoms with Gasteiger partial charge in [-0.25, -0.2) is 9.59 Å². The van der Waals surface area contributed by atoms with E-state index in [1.807, 2.05) is 30.3 Å². The van der Waals surface area contributed by atoms with Crippen LogP contribution in [-0.2, 0) is 25.6 Å². The molecule has 0 amide bonds. The van der Waals surface area contributed by atoms with Crippen molar-refractivity contribution in [2.75, 3.05) is 32.9 Å². The van der Waals surface area contributed by atoms with E-state index in [4.69, 9.17) is 16.2 Å². The lowest BCUT2D eigenvalue weighted by atomic mass is 10.2. The first-order valence-corrected chi connectivity index (χ1v) is 7.17. The molecule has 0 saturated carbocycles. The summed E-state index contributed by atoms with van der Waals surface area (Å²) < 4.78 is 18.3. The Morgan fingerprint density at radius 2 is 1.39 bits per heavy atom. The maximum absolute atomic E-state index is 10.9. The molecule has 0 spiro atoms. The van der Waals surface area contributed by atoms with Gasteiger partial charge in [-0.15, -0.1) is 0 Å². The van der Waals surface area contributed by atoms with Crippen molar-refractivity contribution in [3.8, 4) is 0 Å². The van der Waals surface area contributed by atoms with Crippen LogP contribution in [0.1, 0.15) is 12.5 Å². The van der Waals surface area contributed by atoms with E-state index < -0.39 is 12.3 Å². The van der Waals surface area contributed by atoms with Crippen LogP contribution in [0.4, 0.5) is 9.59 Å². The highest BCUT2D eigenvalue weighted by Crippen LogP contribution is 2.01. The predicted molar refractivity (Wildman–Crippen MR) is 83.7 cm³/mol. The lowest BCUT2D eigenvalue weighted by Crippen LogP contribution is -2.14. The minimum Gasteiger partial charge on any atom is -0.435 e. The summed E-state index contributed by atoms with van der Waals surface area (Å²) in [6.07, 6.45) is -1.33. The number of nitrogens with two attached hydrogens (primary N) is 2. The molecule has 0 fully saturated rings. The largest absolute Gasteiger partial charge is 0.508 e. The van der Waals surface area contributed by atoms with E-state index in [0.29, 0.717) is 19.7 Å². The Labute approximate surface area is 135 Å². The first-order chi connectivity index (χ1) is 11.1. The Hall–Kier alpha value is -2.32. The van der Waals surface area contributed by atoms with Crippen molar-refractivity contribution in [3.63, 3.8) is 0 Å². The zero-order chi connectivity index (χ0) is 17.3. The molecule has 0 bridgehead atoms. The van der Waals surface area contributed by atoms with Gasteiger partial charge in [0.1, 0.15) is 19.8 Å². The van der Waals surface area contributed by atoms with E-state index in [1.165, 1.54) is 0 Å². The molecule has 0 unspecified atom stereocenters. The van der Waals surface area contributed by atoms with Gasteiger partial charge in [0.15, 0.2) is 0 Å². The number of hydrogen-bond acceptors (Lipinski definition) is 8. The van der Waals surface area contributed by atoms with Gasteiger partial charge >= 0.3 is 12.3 Å². The topological polar surface area (TPSA) is 123 Å². The van der Waals surface area contributed by atoms with Crippen LogP contribution >= 0.6 is 0 Å². The summed E-state index contributed by atoms with van der Waals surface area (Å²) in [5, 5.41) is 0. The van der Waals surface area contributed by atoms with Gasteiger partial charge in [-0.05, 0) is 12.5 Å². The average molecular weight is 328 g/mol. The Bertz CT molecular complexity index is 427. The molecule has 4 N–H and O–H groups in total. The van der Waals surface area contributed by atoms with E-state index in [1.54, 1.807) is 6.92 Å². The quantitative estimate of drug-likeness (QED) is 0.720. The molecule has 23 heavy (non-hydrogen) atoms. The first-order valence-electron chi connectivity index (χ1n) is 7.17. The molecule has 0 heterocycles. The van der Waals surface area contributed by atoms with Gasteiger partial charge in [-0.2, -0.15) is 0 Å². The third kappa shape index (κ3) is 13.1. The van der Waals surface area contributed by atoms with Gasteiger partial charge in [-0.1, -0.05) is 30.3 Å². The van der Waals surface area contributed by atoms with Crippen LogP contribution in [-0.4, -0.2) is 45.2 Å². The van der Waals surface area contributed by atoms with Crippen molar-refractivity contribution < 1.29 is 28.5 Å². The second kappa shape index (κ2) is 14.6. The monoisotopic (exact) mass is 328 g/mol. The van der Waals surface area contributed by atoms with Crippen molar-refractivity contribution in [2.24, 2.45) is 11.5 Å². The third-order valence-corrected chi connectivity index (χ3v) is 2.14. The van der Waals surface area contributed by atoms with E-state index in [-0.39, 0.29) is 19.8 Å². The molecule has 0 aliphatic heterocycles. The lowest BCUT2D eigenvalue weighted by Gasteiger charge is -2.04. The molecule has 130 valence electrons. The van der Waals surface area contributed by atoms with Crippen molar-refractivity contribution in [1.29, 1.82) is 0 Å². The Kier molecular flexibility index (Phi) is 13.1. The van der Waals surface area contributed by atoms with Crippen LogP contribution in [0.2, 0.25) is 0 Å². The predicted octanol–water partition coefficient (Wildman–Crippen LogP) is 1.42. The molecule has 1 aromatic rings. The summed E-state index contributed by atoms with van der Waals surface area (Å²) in [5.41, 5.74) is 11.1. The lowest BCUT2D eigenvalue weighted by molar-refractivity contribution is 0.0519. The maximum atomic E-state index is 10.9. The minimum absolute atomic E-state index is 0.188. The van der Waals surface area contributed by atoms with Crippen LogP contribution in [0.25, 0.3) is 0 Å². The van der Waals surface area contributed by atoms with E-state index in [0.717, 1.165) is 5.56 Å². The second-order valence-corrected chi connectivity index (χ2v) is 3.98. The van der Waals surface area contributed by atoms with E-state index in [2.05, 4.69) is 14.2 Å². The van der Waals surface area contributed by atoms with Crippen LogP contribution in [0, 0.1) is 0 Å².